The van der Waals surface area contributed by atoms with Crippen LogP contribution in [0.4, 0.5) is 0 Å². The van der Waals surface area contributed by atoms with Crippen molar-refractivity contribution >= 4 is 11.9 Å². The lowest BCUT2D eigenvalue weighted by molar-refractivity contribution is -0.143. The first-order chi connectivity index (χ1) is 9.69. The van der Waals surface area contributed by atoms with Crippen molar-refractivity contribution in [1.29, 1.82) is 0 Å². The van der Waals surface area contributed by atoms with Gasteiger partial charge in [-0.05, 0) is 25.5 Å². The molecule has 0 aliphatic heterocycles. The molecule has 4 heteroatoms. The SMILES string of the molecule is CCCCN(CCC(=O)OCC)C(=O)c1ccccc1. The first kappa shape index (κ1) is 16.2. The predicted octanol–water partition coefficient (Wildman–Crippen LogP) is 2.88. The highest BCUT2D eigenvalue weighted by molar-refractivity contribution is 5.94. The quantitative estimate of drug-likeness (QED) is 0.686. The van der Waals surface area contributed by atoms with E-state index in [1.54, 1.807) is 24.0 Å². The van der Waals surface area contributed by atoms with Crippen LogP contribution in [0.3, 0.4) is 0 Å². The van der Waals surface area contributed by atoms with Crippen LogP contribution in [0.1, 0.15) is 43.5 Å². The van der Waals surface area contributed by atoms with Gasteiger partial charge in [0.05, 0.1) is 13.0 Å². The minimum absolute atomic E-state index is 0.0247. The molecule has 1 aromatic carbocycles. The van der Waals surface area contributed by atoms with Crippen LogP contribution in [-0.4, -0.2) is 36.5 Å². The molecule has 0 spiro atoms. The van der Waals surface area contributed by atoms with Crippen molar-refractivity contribution in [3.05, 3.63) is 35.9 Å². The Morgan fingerprint density at radius 2 is 1.80 bits per heavy atom. The van der Waals surface area contributed by atoms with E-state index >= 15 is 0 Å². The molecule has 0 radical (unpaired) electrons. The van der Waals surface area contributed by atoms with Crippen molar-refractivity contribution in [2.24, 2.45) is 0 Å². The number of hydrogen-bond acceptors (Lipinski definition) is 3. The van der Waals surface area contributed by atoms with E-state index in [2.05, 4.69) is 6.92 Å². The van der Waals surface area contributed by atoms with Gasteiger partial charge in [0.15, 0.2) is 0 Å². The van der Waals surface area contributed by atoms with Crippen molar-refractivity contribution in [1.82, 2.24) is 4.90 Å². The topological polar surface area (TPSA) is 46.6 Å². The van der Waals surface area contributed by atoms with Crippen LogP contribution in [-0.2, 0) is 9.53 Å². The van der Waals surface area contributed by atoms with E-state index in [9.17, 15) is 9.59 Å². The van der Waals surface area contributed by atoms with Gasteiger partial charge in [-0.25, -0.2) is 0 Å². The summed E-state index contributed by atoms with van der Waals surface area (Å²) in [6.45, 7) is 5.31. The number of nitrogens with zero attached hydrogens (tertiary/aromatic N) is 1. The number of carbonyl (C=O) groups excluding carboxylic acids is 2. The van der Waals surface area contributed by atoms with Crippen molar-refractivity contribution in [3.8, 4) is 0 Å². The Bertz CT molecular complexity index is 417. The van der Waals surface area contributed by atoms with Gasteiger partial charge in [0.2, 0.25) is 0 Å². The fourth-order valence-corrected chi connectivity index (χ4v) is 1.89. The molecule has 1 amide bonds. The molecule has 0 fully saturated rings. The molecular weight excluding hydrogens is 254 g/mol. The Hall–Kier alpha value is -1.84. The summed E-state index contributed by atoms with van der Waals surface area (Å²) >= 11 is 0. The van der Waals surface area contributed by atoms with Gasteiger partial charge in [0.1, 0.15) is 0 Å². The molecule has 1 aromatic rings. The standard InChI is InChI=1S/C16H23NO3/c1-3-5-12-17(13-11-15(18)20-4-2)16(19)14-9-7-6-8-10-14/h6-10H,3-5,11-13H2,1-2H3. The van der Waals surface area contributed by atoms with Crippen LogP contribution in [0.15, 0.2) is 30.3 Å². The van der Waals surface area contributed by atoms with E-state index in [1.807, 2.05) is 18.2 Å². The average Bonchev–Trinajstić information content (AvgIpc) is 2.48. The lowest BCUT2D eigenvalue weighted by Crippen LogP contribution is -2.34. The fraction of sp³-hybridized carbons (Fsp3) is 0.500. The molecule has 0 saturated heterocycles. The first-order valence-corrected chi connectivity index (χ1v) is 7.19. The number of carbonyl (C=O) groups is 2. The summed E-state index contributed by atoms with van der Waals surface area (Å²) in [5, 5.41) is 0. The van der Waals surface area contributed by atoms with Crippen LogP contribution < -0.4 is 0 Å². The molecule has 0 heterocycles. The van der Waals surface area contributed by atoms with Crippen molar-refractivity contribution in [3.63, 3.8) is 0 Å². The Morgan fingerprint density at radius 3 is 2.40 bits per heavy atom. The normalized spacial score (nSPS) is 10.1. The summed E-state index contributed by atoms with van der Waals surface area (Å²) in [6, 6.07) is 9.16. The third kappa shape index (κ3) is 5.43. The largest absolute Gasteiger partial charge is 0.466 e. The molecule has 0 unspecified atom stereocenters. The Morgan fingerprint density at radius 1 is 1.10 bits per heavy atom. The van der Waals surface area contributed by atoms with E-state index in [0.717, 1.165) is 12.8 Å². The molecule has 110 valence electrons. The van der Waals surface area contributed by atoms with Crippen molar-refractivity contribution in [2.75, 3.05) is 19.7 Å². The van der Waals surface area contributed by atoms with E-state index in [1.165, 1.54) is 0 Å². The number of hydrogen-bond donors (Lipinski definition) is 0. The second-order valence-electron chi connectivity index (χ2n) is 4.57. The second-order valence-corrected chi connectivity index (χ2v) is 4.57. The number of benzene rings is 1. The average molecular weight is 277 g/mol. The molecule has 1 rings (SSSR count). The molecule has 0 saturated carbocycles. The zero-order valence-corrected chi connectivity index (χ0v) is 12.3. The van der Waals surface area contributed by atoms with Gasteiger partial charge in [0, 0.05) is 18.7 Å². The third-order valence-corrected chi connectivity index (χ3v) is 2.98. The number of unbranched alkanes of at least 4 members (excludes halogenated alkanes) is 1. The van der Waals surface area contributed by atoms with Gasteiger partial charge in [-0.3, -0.25) is 9.59 Å². The van der Waals surface area contributed by atoms with Gasteiger partial charge in [0.25, 0.3) is 5.91 Å². The smallest absolute Gasteiger partial charge is 0.307 e. The predicted molar refractivity (Wildman–Crippen MR) is 78.5 cm³/mol. The molecule has 4 nitrogen and oxygen atoms in total. The molecule has 0 bridgehead atoms. The van der Waals surface area contributed by atoms with Crippen LogP contribution in [0.5, 0.6) is 0 Å². The second kappa shape index (κ2) is 9.13. The zero-order chi connectivity index (χ0) is 14.8. The number of amides is 1. The van der Waals surface area contributed by atoms with Gasteiger partial charge >= 0.3 is 5.97 Å². The highest BCUT2D eigenvalue weighted by Crippen LogP contribution is 2.07. The fourth-order valence-electron chi connectivity index (χ4n) is 1.89. The molecule has 0 aliphatic carbocycles. The van der Waals surface area contributed by atoms with Gasteiger partial charge in [-0.15, -0.1) is 0 Å². The van der Waals surface area contributed by atoms with Crippen LogP contribution in [0.2, 0.25) is 0 Å². The molecule has 0 aliphatic rings. The first-order valence-electron chi connectivity index (χ1n) is 7.19. The highest BCUT2D eigenvalue weighted by atomic mass is 16.5. The molecule has 0 N–H and O–H groups in total. The molecular formula is C16H23NO3. The van der Waals surface area contributed by atoms with Gasteiger partial charge in [-0.2, -0.15) is 0 Å². The van der Waals surface area contributed by atoms with E-state index < -0.39 is 0 Å². The van der Waals surface area contributed by atoms with Crippen LogP contribution in [0.25, 0.3) is 0 Å². The zero-order valence-electron chi connectivity index (χ0n) is 12.3. The lowest BCUT2D eigenvalue weighted by Gasteiger charge is -2.22. The summed E-state index contributed by atoms with van der Waals surface area (Å²) in [5.41, 5.74) is 0.660. The van der Waals surface area contributed by atoms with E-state index in [-0.39, 0.29) is 18.3 Å². The number of rotatable bonds is 8. The minimum atomic E-state index is -0.255. The van der Waals surface area contributed by atoms with Gasteiger partial charge in [-0.1, -0.05) is 31.5 Å². The summed E-state index contributed by atoms with van der Waals surface area (Å²) in [4.78, 5) is 25.5. The monoisotopic (exact) mass is 277 g/mol. The van der Waals surface area contributed by atoms with E-state index in [4.69, 9.17) is 4.74 Å². The van der Waals surface area contributed by atoms with Gasteiger partial charge < -0.3 is 9.64 Å². The van der Waals surface area contributed by atoms with Crippen LogP contribution >= 0.6 is 0 Å². The lowest BCUT2D eigenvalue weighted by atomic mass is 10.2. The third-order valence-electron chi connectivity index (χ3n) is 2.98. The van der Waals surface area contributed by atoms with Crippen molar-refractivity contribution < 1.29 is 14.3 Å². The Kier molecular flexibility index (Phi) is 7.40. The Labute approximate surface area is 120 Å². The number of esters is 1. The maximum Gasteiger partial charge on any atom is 0.307 e. The van der Waals surface area contributed by atoms with E-state index in [0.29, 0.717) is 25.3 Å². The summed E-state index contributed by atoms with van der Waals surface area (Å²) < 4.78 is 4.91. The maximum absolute atomic E-state index is 12.4. The highest BCUT2D eigenvalue weighted by Gasteiger charge is 2.16. The number of ether oxygens (including phenoxy) is 1. The van der Waals surface area contributed by atoms with Crippen LogP contribution in [0, 0.1) is 0 Å². The molecule has 0 atom stereocenters. The molecule has 0 aromatic heterocycles. The summed E-state index contributed by atoms with van der Waals surface area (Å²) in [6.07, 6.45) is 2.19. The maximum atomic E-state index is 12.4. The van der Waals surface area contributed by atoms with Crippen molar-refractivity contribution in [2.45, 2.75) is 33.1 Å². The Balaban J connectivity index is 2.63. The summed E-state index contributed by atoms with van der Waals surface area (Å²) in [5.74, 6) is -0.279. The summed E-state index contributed by atoms with van der Waals surface area (Å²) in [7, 11) is 0. The minimum Gasteiger partial charge on any atom is -0.466 e. The molecule has 20 heavy (non-hydrogen) atoms.